The first-order valence-corrected chi connectivity index (χ1v) is 7.97. The number of nitrogens with two attached hydrogens (primary N) is 1. The summed E-state index contributed by atoms with van der Waals surface area (Å²) >= 11 is 0. The fourth-order valence-corrected chi connectivity index (χ4v) is 3.33. The van der Waals surface area contributed by atoms with Crippen LogP contribution in [0.3, 0.4) is 0 Å². The Morgan fingerprint density at radius 2 is 1.62 bits per heavy atom. The van der Waals surface area contributed by atoms with Crippen LogP contribution >= 0.6 is 0 Å². The number of carbonyl (C=O) groups excluding carboxylic acids is 1. The van der Waals surface area contributed by atoms with Crippen LogP contribution in [-0.4, -0.2) is 14.3 Å². The van der Waals surface area contributed by atoms with E-state index in [0.717, 1.165) is 0 Å². The summed E-state index contributed by atoms with van der Waals surface area (Å²) in [5, 5.41) is 0. The summed E-state index contributed by atoms with van der Waals surface area (Å²) in [7, 11) is -3.42. The van der Waals surface area contributed by atoms with E-state index in [4.69, 9.17) is 5.73 Å². The van der Waals surface area contributed by atoms with Crippen LogP contribution in [0.25, 0.3) is 6.08 Å². The number of hydrogen-bond donors (Lipinski definition) is 1. The largest absolute Gasteiger partial charge is 0.366 e. The van der Waals surface area contributed by atoms with E-state index in [1.807, 2.05) is 0 Å². The second-order valence-corrected chi connectivity index (χ2v) is 6.50. The van der Waals surface area contributed by atoms with Gasteiger partial charge >= 0.3 is 0 Å². The van der Waals surface area contributed by atoms with Crippen LogP contribution in [0.15, 0.2) is 65.6 Å². The van der Waals surface area contributed by atoms with Gasteiger partial charge in [0.1, 0.15) is 0 Å². The number of rotatable bonds is 5. The van der Waals surface area contributed by atoms with E-state index in [-0.39, 0.29) is 10.6 Å². The molecule has 21 heavy (non-hydrogen) atoms. The topological polar surface area (TPSA) is 77.2 Å². The summed E-state index contributed by atoms with van der Waals surface area (Å²) in [6, 6.07) is 15.3. The Morgan fingerprint density at radius 1 is 1.00 bits per heavy atom. The van der Waals surface area contributed by atoms with E-state index in [1.54, 1.807) is 54.6 Å². The maximum Gasteiger partial charge on any atom is 0.241 e. The second kappa shape index (κ2) is 6.37. The van der Waals surface area contributed by atoms with E-state index in [9.17, 15) is 13.2 Å². The Balaban J connectivity index is 2.34. The molecule has 0 bridgehead atoms. The summed E-state index contributed by atoms with van der Waals surface area (Å²) in [5.41, 5.74) is 6.35. The van der Waals surface area contributed by atoms with E-state index in [1.165, 1.54) is 12.2 Å². The van der Waals surface area contributed by atoms with Crippen molar-refractivity contribution in [3.05, 3.63) is 71.8 Å². The van der Waals surface area contributed by atoms with Gasteiger partial charge in [-0.05, 0) is 29.3 Å². The van der Waals surface area contributed by atoms with Gasteiger partial charge in [-0.3, -0.25) is 4.79 Å². The van der Waals surface area contributed by atoms with Gasteiger partial charge in [0.15, 0.2) is 9.84 Å². The predicted molar refractivity (Wildman–Crippen MR) is 82.0 cm³/mol. The lowest BCUT2D eigenvalue weighted by molar-refractivity contribution is -0.113. The molecule has 0 aliphatic rings. The van der Waals surface area contributed by atoms with Crippen molar-refractivity contribution in [2.75, 3.05) is 0 Å². The summed E-state index contributed by atoms with van der Waals surface area (Å²) in [5.74, 6) is -0.702. The Kier molecular flexibility index (Phi) is 4.55. The van der Waals surface area contributed by atoms with Crippen LogP contribution < -0.4 is 5.73 Å². The molecule has 0 radical (unpaired) electrons. The highest BCUT2D eigenvalue weighted by molar-refractivity contribution is 7.90. The Hall–Kier alpha value is -2.40. The van der Waals surface area contributed by atoms with Crippen molar-refractivity contribution in [1.29, 1.82) is 0 Å². The zero-order valence-corrected chi connectivity index (χ0v) is 12.1. The number of sulfone groups is 1. The molecule has 0 heterocycles. The predicted octanol–water partition coefficient (Wildman–Crippen LogP) is 2.16. The number of primary amides is 1. The van der Waals surface area contributed by atoms with Gasteiger partial charge in [0.2, 0.25) is 5.91 Å². The normalized spacial score (nSPS) is 11.6. The van der Waals surface area contributed by atoms with Gasteiger partial charge in [0, 0.05) is 6.08 Å². The molecular formula is C16H15NO3S. The zero-order chi connectivity index (χ0) is 15.3. The van der Waals surface area contributed by atoms with Crippen molar-refractivity contribution in [3.63, 3.8) is 0 Å². The third-order valence-electron chi connectivity index (χ3n) is 2.93. The van der Waals surface area contributed by atoms with Crippen LogP contribution in [0.2, 0.25) is 0 Å². The first-order valence-electron chi connectivity index (χ1n) is 6.32. The SMILES string of the molecule is NC(=O)/C=C\c1ccccc1CS(=O)(=O)c1ccccc1. The van der Waals surface area contributed by atoms with Crippen LogP contribution in [0.4, 0.5) is 0 Å². The number of carbonyl (C=O) groups is 1. The molecule has 108 valence electrons. The van der Waals surface area contributed by atoms with Crippen molar-refractivity contribution in [3.8, 4) is 0 Å². The molecule has 0 saturated carbocycles. The molecule has 0 aliphatic carbocycles. The first kappa shape index (κ1) is 15.0. The third-order valence-corrected chi connectivity index (χ3v) is 4.61. The molecule has 0 spiro atoms. The first-order chi connectivity index (χ1) is 9.99. The maximum atomic E-state index is 12.4. The molecule has 0 aliphatic heterocycles. The van der Waals surface area contributed by atoms with Crippen LogP contribution in [0.1, 0.15) is 11.1 Å². The van der Waals surface area contributed by atoms with Gasteiger partial charge in [-0.15, -0.1) is 0 Å². The molecule has 0 unspecified atom stereocenters. The number of hydrogen-bond acceptors (Lipinski definition) is 3. The minimum atomic E-state index is -3.42. The molecular weight excluding hydrogens is 286 g/mol. The molecule has 0 saturated heterocycles. The van der Waals surface area contributed by atoms with Crippen LogP contribution in [-0.2, 0) is 20.4 Å². The molecule has 0 aromatic heterocycles. The van der Waals surface area contributed by atoms with Gasteiger partial charge in [-0.25, -0.2) is 8.42 Å². The van der Waals surface area contributed by atoms with Crippen molar-refractivity contribution in [1.82, 2.24) is 0 Å². The van der Waals surface area contributed by atoms with Crippen molar-refractivity contribution >= 4 is 21.8 Å². The monoisotopic (exact) mass is 301 g/mol. The molecule has 2 rings (SSSR count). The van der Waals surface area contributed by atoms with Gasteiger partial charge in [0.05, 0.1) is 10.6 Å². The zero-order valence-electron chi connectivity index (χ0n) is 11.3. The van der Waals surface area contributed by atoms with Crippen LogP contribution in [0, 0.1) is 0 Å². The fraction of sp³-hybridized carbons (Fsp3) is 0.0625. The average molecular weight is 301 g/mol. The Morgan fingerprint density at radius 3 is 2.29 bits per heavy atom. The molecule has 4 nitrogen and oxygen atoms in total. The smallest absolute Gasteiger partial charge is 0.241 e. The van der Waals surface area contributed by atoms with Gasteiger partial charge in [-0.1, -0.05) is 42.5 Å². The fourth-order valence-electron chi connectivity index (χ4n) is 1.92. The third kappa shape index (κ3) is 4.03. The highest BCUT2D eigenvalue weighted by Crippen LogP contribution is 2.19. The Bertz CT molecular complexity index is 765. The summed E-state index contributed by atoms with van der Waals surface area (Å²) in [4.78, 5) is 11.1. The van der Waals surface area contributed by atoms with E-state index >= 15 is 0 Å². The highest BCUT2D eigenvalue weighted by Gasteiger charge is 2.16. The maximum absolute atomic E-state index is 12.4. The van der Waals surface area contributed by atoms with Crippen molar-refractivity contribution < 1.29 is 13.2 Å². The number of benzene rings is 2. The minimum absolute atomic E-state index is 0.129. The molecule has 2 N–H and O–H groups in total. The van der Waals surface area contributed by atoms with Crippen molar-refractivity contribution in [2.45, 2.75) is 10.6 Å². The summed E-state index contributed by atoms with van der Waals surface area (Å²) in [6.45, 7) is 0. The molecule has 0 atom stereocenters. The summed E-state index contributed by atoms with van der Waals surface area (Å²) in [6.07, 6.45) is 2.74. The van der Waals surface area contributed by atoms with E-state index in [2.05, 4.69) is 0 Å². The van der Waals surface area contributed by atoms with E-state index < -0.39 is 15.7 Å². The lowest BCUT2D eigenvalue weighted by Gasteiger charge is -2.07. The van der Waals surface area contributed by atoms with E-state index in [0.29, 0.717) is 11.1 Å². The Labute approximate surface area is 123 Å². The van der Waals surface area contributed by atoms with Gasteiger partial charge in [-0.2, -0.15) is 0 Å². The quantitative estimate of drug-likeness (QED) is 0.860. The molecule has 1 amide bonds. The van der Waals surface area contributed by atoms with Gasteiger partial charge in [0.25, 0.3) is 0 Å². The summed E-state index contributed by atoms with van der Waals surface area (Å²) < 4.78 is 24.8. The lowest BCUT2D eigenvalue weighted by atomic mass is 10.1. The molecule has 0 fully saturated rings. The van der Waals surface area contributed by atoms with Crippen LogP contribution in [0.5, 0.6) is 0 Å². The highest BCUT2D eigenvalue weighted by atomic mass is 32.2. The molecule has 2 aromatic rings. The lowest BCUT2D eigenvalue weighted by Crippen LogP contribution is -2.07. The van der Waals surface area contributed by atoms with Gasteiger partial charge < -0.3 is 5.73 Å². The second-order valence-electron chi connectivity index (χ2n) is 4.51. The average Bonchev–Trinajstić information content (AvgIpc) is 2.47. The molecule has 5 heteroatoms. The molecule has 2 aromatic carbocycles. The van der Waals surface area contributed by atoms with Crippen molar-refractivity contribution in [2.24, 2.45) is 5.73 Å². The standard InChI is InChI=1S/C16H15NO3S/c17-16(18)11-10-13-6-4-5-7-14(13)12-21(19,20)15-8-2-1-3-9-15/h1-11H,12H2,(H2,17,18)/b11-10-. The minimum Gasteiger partial charge on any atom is -0.366 e. The number of amides is 1.